The number of hydrogen-bond acceptors (Lipinski definition) is 4. The van der Waals surface area contributed by atoms with Crippen molar-refractivity contribution < 1.29 is 9.53 Å². The quantitative estimate of drug-likeness (QED) is 0.325. The SMILES string of the molecule is CC1(C)CC(C(C)(C(=O)OCc2ccccc2)C2CCC(C(C)(C)C3C(C)(C)CNCC3(C)C)CC2)CC(C)(C)N1. The second-order valence-corrected chi connectivity index (χ2v) is 17.7. The third kappa shape index (κ3) is 6.74. The van der Waals surface area contributed by atoms with E-state index in [0.29, 0.717) is 24.4 Å². The van der Waals surface area contributed by atoms with Crippen molar-refractivity contribution in [2.24, 2.45) is 45.3 Å². The van der Waals surface area contributed by atoms with Crippen LogP contribution in [0.15, 0.2) is 30.3 Å². The Hall–Kier alpha value is -1.39. The van der Waals surface area contributed by atoms with Gasteiger partial charge in [0, 0.05) is 24.2 Å². The fourth-order valence-corrected chi connectivity index (χ4v) is 10.9. The minimum Gasteiger partial charge on any atom is -0.460 e. The number of nitrogens with one attached hydrogen (secondary N) is 2. The molecule has 0 radical (unpaired) electrons. The Bertz CT molecular complexity index is 1020. The van der Waals surface area contributed by atoms with Crippen LogP contribution in [0, 0.1) is 45.3 Å². The van der Waals surface area contributed by atoms with Crippen LogP contribution in [0.25, 0.3) is 0 Å². The highest BCUT2D eigenvalue weighted by Gasteiger charge is 2.57. The maximum absolute atomic E-state index is 14.3. The van der Waals surface area contributed by atoms with E-state index in [-0.39, 0.29) is 39.2 Å². The average molecular weight is 567 g/mol. The van der Waals surface area contributed by atoms with Crippen molar-refractivity contribution in [2.75, 3.05) is 13.1 Å². The molecule has 1 aromatic rings. The number of benzene rings is 1. The molecule has 2 aliphatic heterocycles. The fraction of sp³-hybridized carbons (Fsp3) is 0.811. The Morgan fingerprint density at radius 1 is 0.780 bits per heavy atom. The minimum absolute atomic E-state index is 0.0151. The summed E-state index contributed by atoms with van der Waals surface area (Å²) in [6.07, 6.45) is 6.62. The lowest BCUT2D eigenvalue weighted by molar-refractivity contribution is -0.170. The van der Waals surface area contributed by atoms with Gasteiger partial charge in [0.2, 0.25) is 0 Å². The Labute approximate surface area is 252 Å². The molecule has 2 N–H and O–H groups in total. The van der Waals surface area contributed by atoms with Gasteiger partial charge in [-0.05, 0) is 119 Å². The maximum atomic E-state index is 14.3. The summed E-state index contributed by atoms with van der Waals surface area (Å²) in [5.41, 5.74) is 1.29. The number of carbonyl (C=O) groups is 1. The molecule has 0 aromatic heterocycles. The zero-order chi connectivity index (χ0) is 30.5. The highest BCUT2D eigenvalue weighted by atomic mass is 16.5. The molecule has 232 valence electrons. The first-order valence-electron chi connectivity index (χ1n) is 16.5. The Morgan fingerprint density at radius 3 is 1.78 bits per heavy atom. The van der Waals surface area contributed by atoms with Gasteiger partial charge in [-0.3, -0.25) is 4.79 Å². The van der Waals surface area contributed by atoms with Crippen LogP contribution in [0.1, 0.15) is 120 Å². The summed E-state index contributed by atoms with van der Waals surface area (Å²) < 4.78 is 6.21. The van der Waals surface area contributed by atoms with Gasteiger partial charge in [0.1, 0.15) is 6.61 Å². The molecule has 4 rings (SSSR count). The van der Waals surface area contributed by atoms with Gasteiger partial charge in [-0.15, -0.1) is 0 Å². The molecule has 3 fully saturated rings. The largest absolute Gasteiger partial charge is 0.460 e. The van der Waals surface area contributed by atoms with E-state index >= 15 is 0 Å². The second kappa shape index (κ2) is 11.3. The van der Waals surface area contributed by atoms with Gasteiger partial charge in [0.15, 0.2) is 0 Å². The summed E-state index contributed by atoms with van der Waals surface area (Å²) in [5.74, 6) is 1.96. The summed E-state index contributed by atoms with van der Waals surface area (Å²) >= 11 is 0. The van der Waals surface area contributed by atoms with Crippen LogP contribution in [0.5, 0.6) is 0 Å². The van der Waals surface area contributed by atoms with Crippen LogP contribution in [0.4, 0.5) is 0 Å². The van der Waals surface area contributed by atoms with Gasteiger partial charge < -0.3 is 15.4 Å². The topological polar surface area (TPSA) is 50.4 Å². The van der Waals surface area contributed by atoms with E-state index in [4.69, 9.17) is 4.74 Å². The molecule has 1 saturated carbocycles. The lowest BCUT2D eigenvalue weighted by atomic mass is 9.47. The fourth-order valence-electron chi connectivity index (χ4n) is 10.9. The third-order valence-corrected chi connectivity index (χ3v) is 11.8. The molecule has 2 heterocycles. The number of carbonyl (C=O) groups excluding carboxylic acids is 1. The number of ether oxygens (including phenoxy) is 1. The van der Waals surface area contributed by atoms with Crippen LogP contribution in [-0.2, 0) is 16.1 Å². The van der Waals surface area contributed by atoms with Gasteiger partial charge in [0.05, 0.1) is 5.41 Å². The molecular weight excluding hydrogens is 504 g/mol. The zero-order valence-electron chi connectivity index (χ0n) is 28.4. The van der Waals surface area contributed by atoms with Gasteiger partial charge in [-0.2, -0.15) is 0 Å². The van der Waals surface area contributed by atoms with Crippen molar-refractivity contribution in [1.29, 1.82) is 0 Å². The normalized spacial score (nSPS) is 29.8. The Balaban J connectivity index is 1.58. The summed E-state index contributed by atoms with van der Waals surface area (Å²) in [5, 5.41) is 7.58. The third-order valence-electron chi connectivity index (χ3n) is 11.8. The summed E-state index contributed by atoms with van der Waals surface area (Å²) in [6, 6.07) is 10.2. The van der Waals surface area contributed by atoms with Crippen LogP contribution in [0.2, 0.25) is 0 Å². The molecule has 3 aliphatic rings. The zero-order valence-corrected chi connectivity index (χ0v) is 28.4. The Kier molecular flexibility index (Phi) is 8.94. The molecular formula is C37H62N2O2. The van der Waals surface area contributed by atoms with Crippen LogP contribution >= 0.6 is 0 Å². The predicted octanol–water partition coefficient (Wildman–Crippen LogP) is 8.40. The summed E-state index contributed by atoms with van der Waals surface area (Å²) in [6.45, 7) is 29.0. The van der Waals surface area contributed by atoms with Crippen LogP contribution in [-0.4, -0.2) is 30.1 Å². The minimum atomic E-state index is -0.492. The van der Waals surface area contributed by atoms with Crippen LogP contribution in [0.3, 0.4) is 0 Å². The molecule has 0 bridgehead atoms. The number of rotatable bonds is 7. The van der Waals surface area contributed by atoms with Crippen LogP contribution < -0.4 is 10.6 Å². The highest BCUT2D eigenvalue weighted by molar-refractivity contribution is 5.77. The van der Waals surface area contributed by atoms with Gasteiger partial charge in [-0.1, -0.05) is 71.9 Å². The van der Waals surface area contributed by atoms with E-state index in [1.807, 2.05) is 18.2 Å². The van der Waals surface area contributed by atoms with Crippen molar-refractivity contribution in [2.45, 2.75) is 132 Å². The number of piperidine rings is 2. The number of hydrogen-bond donors (Lipinski definition) is 2. The van der Waals surface area contributed by atoms with Crippen molar-refractivity contribution in [3.63, 3.8) is 0 Å². The first-order chi connectivity index (χ1) is 18.8. The lowest BCUT2D eigenvalue weighted by Crippen LogP contribution is -2.62. The first-order valence-corrected chi connectivity index (χ1v) is 16.5. The maximum Gasteiger partial charge on any atom is 0.312 e. The molecule has 1 aliphatic carbocycles. The van der Waals surface area contributed by atoms with E-state index in [1.54, 1.807) is 0 Å². The molecule has 1 atom stereocenters. The lowest BCUT2D eigenvalue weighted by Gasteiger charge is -2.60. The standard InChI is InChI=1S/C37H62N2O2/c1-32(2)24-38-25-33(3,4)30(32)36(9,10)27-17-19-28(20-18-27)37(11,29-21-34(5,6)39-35(7,8)22-29)31(40)41-23-26-15-13-12-14-16-26/h12-16,27-30,38-39H,17-25H2,1-11H3. The highest BCUT2D eigenvalue weighted by Crippen LogP contribution is 2.60. The van der Waals surface area contributed by atoms with Crippen molar-refractivity contribution in [3.05, 3.63) is 35.9 Å². The summed E-state index contributed by atoms with van der Waals surface area (Å²) in [7, 11) is 0. The molecule has 4 heteroatoms. The Morgan fingerprint density at radius 2 is 1.27 bits per heavy atom. The first kappa shape index (κ1) is 32.5. The average Bonchev–Trinajstić information content (AvgIpc) is 2.84. The van der Waals surface area contributed by atoms with E-state index in [9.17, 15) is 4.79 Å². The molecule has 41 heavy (non-hydrogen) atoms. The van der Waals surface area contributed by atoms with Gasteiger partial charge >= 0.3 is 5.97 Å². The van der Waals surface area contributed by atoms with Crippen molar-refractivity contribution in [1.82, 2.24) is 10.6 Å². The molecule has 4 nitrogen and oxygen atoms in total. The van der Waals surface area contributed by atoms with Gasteiger partial charge in [0.25, 0.3) is 0 Å². The molecule has 2 saturated heterocycles. The van der Waals surface area contributed by atoms with E-state index in [2.05, 4.69) is 98.9 Å². The summed E-state index contributed by atoms with van der Waals surface area (Å²) in [4.78, 5) is 14.3. The molecule has 0 spiro atoms. The van der Waals surface area contributed by atoms with Crippen molar-refractivity contribution >= 4 is 5.97 Å². The van der Waals surface area contributed by atoms with E-state index < -0.39 is 5.41 Å². The van der Waals surface area contributed by atoms with Crippen molar-refractivity contribution in [3.8, 4) is 0 Å². The van der Waals surface area contributed by atoms with Gasteiger partial charge in [-0.25, -0.2) is 0 Å². The molecule has 1 aromatic carbocycles. The van der Waals surface area contributed by atoms with E-state index in [1.165, 1.54) is 12.8 Å². The molecule has 1 unspecified atom stereocenters. The van der Waals surface area contributed by atoms with E-state index in [0.717, 1.165) is 44.3 Å². The smallest absolute Gasteiger partial charge is 0.312 e. The molecule has 0 amide bonds. The second-order valence-electron chi connectivity index (χ2n) is 17.7. The monoisotopic (exact) mass is 566 g/mol. The number of esters is 1. The predicted molar refractivity (Wildman–Crippen MR) is 172 cm³/mol.